The quantitative estimate of drug-likeness (QED) is 0.288. The van der Waals surface area contributed by atoms with Gasteiger partial charge in [-0.25, -0.2) is 9.79 Å². The van der Waals surface area contributed by atoms with E-state index in [1.165, 1.54) is 14.2 Å². The molecule has 1 aliphatic heterocycles. The summed E-state index contributed by atoms with van der Waals surface area (Å²) in [6.45, 7) is 1.89. The van der Waals surface area contributed by atoms with Gasteiger partial charge in [0.1, 0.15) is 16.9 Å². The van der Waals surface area contributed by atoms with Gasteiger partial charge in [-0.3, -0.25) is 24.4 Å². The van der Waals surface area contributed by atoms with Gasteiger partial charge in [0.15, 0.2) is 16.7 Å². The number of aromatic nitrogens is 2. The van der Waals surface area contributed by atoms with Crippen LogP contribution in [0.4, 0.5) is 5.69 Å². The van der Waals surface area contributed by atoms with Crippen LogP contribution in [0, 0.1) is 6.92 Å². The number of hydrogen-bond donors (Lipinski definition) is 5. The van der Waals surface area contributed by atoms with Gasteiger partial charge in [0.2, 0.25) is 17.7 Å². The Morgan fingerprint density at radius 2 is 1.79 bits per heavy atom. The molecule has 13 heteroatoms. The van der Waals surface area contributed by atoms with E-state index in [1.54, 1.807) is 42.5 Å². The van der Waals surface area contributed by atoms with E-state index in [1.807, 2.05) is 6.92 Å². The van der Waals surface area contributed by atoms with Crippen molar-refractivity contribution in [3.8, 4) is 17.4 Å². The van der Waals surface area contributed by atoms with Gasteiger partial charge < -0.3 is 25.2 Å². The minimum atomic E-state index is -1.04. The Morgan fingerprint density at radius 1 is 1.08 bits per heavy atom. The summed E-state index contributed by atoms with van der Waals surface area (Å²) in [5.74, 6) is -0.522. The third-order valence-corrected chi connectivity index (χ3v) is 6.78. The predicted molar refractivity (Wildman–Crippen MR) is 142 cm³/mol. The van der Waals surface area contributed by atoms with E-state index in [4.69, 9.17) is 9.47 Å². The number of nitrogens with one attached hydrogen (secondary N) is 4. The molecule has 2 amide bonds. The summed E-state index contributed by atoms with van der Waals surface area (Å²) >= 11 is 1.03. The van der Waals surface area contributed by atoms with E-state index >= 15 is 0 Å². The van der Waals surface area contributed by atoms with Crippen LogP contribution in [-0.2, 0) is 9.59 Å². The molecule has 1 saturated heterocycles. The lowest BCUT2D eigenvalue weighted by Gasteiger charge is -2.15. The van der Waals surface area contributed by atoms with E-state index in [0.29, 0.717) is 22.7 Å². The van der Waals surface area contributed by atoms with Crippen molar-refractivity contribution in [2.45, 2.75) is 24.6 Å². The highest BCUT2D eigenvalue weighted by Crippen LogP contribution is 2.33. The number of benzene rings is 2. The van der Waals surface area contributed by atoms with Gasteiger partial charge in [-0.1, -0.05) is 41.6 Å². The van der Waals surface area contributed by atoms with Gasteiger partial charge in [-0.15, -0.1) is 0 Å². The van der Waals surface area contributed by atoms with Crippen molar-refractivity contribution in [2.75, 3.05) is 19.5 Å². The molecule has 12 nitrogen and oxygen atoms in total. The van der Waals surface area contributed by atoms with Crippen LogP contribution in [0.2, 0.25) is 0 Å². The highest BCUT2D eigenvalue weighted by Gasteiger charge is 2.34. The van der Waals surface area contributed by atoms with Gasteiger partial charge in [0, 0.05) is 18.2 Å². The topological polar surface area (TPSA) is 175 Å². The van der Waals surface area contributed by atoms with Gasteiger partial charge in [0.25, 0.3) is 5.56 Å². The van der Waals surface area contributed by atoms with Crippen LogP contribution < -0.4 is 31.4 Å². The second kappa shape index (κ2) is 11.3. The molecule has 1 aliphatic rings. The minimum Gasteiger partial charge on any atom is -0.494 e. The van der Waals surface area contributed by atoms with Crippen molar-refractivity contribution in [3.63, 3.8) is 0 Å². The van der Waals surface area contributed by atoms with Gasteiger partial charge in [-0.05, 0) is 24.6 Å². The van der Waals surface area contributed by atoms with Crippen molar-refractivity contribution in [3.05, 3.63) is 80.0 Å². The van der Waals surface area contributed by atoms with Crippen molar-refractivity contribution >= 4 is 34.4 Å². The molecule has 0 aliphatic carbocycles. The van der Waals surface area contributed by atoms with Crippen molar-refractivity contribution in [1.29, 1.82) is 0 Å². The molecule has 1 fully saturated rings. The number of aromatic amines is 2. The van der Waals surface area contributed by atoms with E-state index in [-0.39, 0.29) is 17.2 Å². The average molecular weight is 540 g/mol. The lowest BCUT2D eigenvalue weighted by molar-refractivity contribution is -0.122. The molecule has 4 rings (SSSR count). The summed E-state index contributed by atoms with van der Waals surface area (Å²) in [4.78, 5) is 58.2. The molecule has 0 spiro atoms. The number of aryl methyl sites for hydroxylation is 1. The maximum absolute atomic E-state index is 12.7. The number of aromatic hydroxyl groups is 1. The fourth-order valence-electron chi connectivity index (χ4n) is 3.80. The second-order valence-corrected chi connectivity index (χ2v) is 9.53. The van der Waals surface area contributed by atoms with Crippen LogP contribution >= 0.6 is 11.8 Å². The van der Waals surface area contributed by atoms with E-state index in [0.717, 1.165) is 17.3 Å². The molecule has 2 atom stereocenters. The lowest BCUT2D eigenvalue weighted by atomic mass is 10.00. The Balaban J connectivity index is 1.55. The fourth-order valence-corrected chi connectivity index (χ4v) is 4.80. The number of amidine groups is 1. The summed E-state index contributed by atoms with van der Waals surface area (Å²) in [6, 6.07) is 10.9. The summed E-state index contributed by atoms with van der Waals surface area (Å²) in [5, 5.41) is 15.1. The average Bonchev–Trinajstić information content (AvgIpc) is 3.21. The summed E-state index contributed by atoms with van der Waals surface area (Å²) in [5.41, 5.74) is 0.101. The Morgan fingerprint density at radius 3 is 2.45 bits per heavy atom. The van der Waals surface area contributed by atoms with Crippen molar-refractivity contribution < 1.29 is 24.2 Å². The van der Waals surface area contributed by atoms with Gasteiger partial charge >= 0.3 is 5.69 Å². The molecule has 0 radical (unpaired) electrons. The van der Waals surface area contributed by atoms with Crippen molar-refractivity contribution in [2.24, 2.45) is 4.99 Å². The van der Waals surface area contributed by atoms with Crippen LogP contribution in [0.15, 0.2) is 57.0 Å². The van der Waals surface area contributed by atoms with E-state index < -0.39 is 40.2 Å². The zero-order valence-electron chi connectivity index (χ0n) is 20.7. The number of H-pyrrole nitrogens is 2. The first kappa shape index (κ1) is 26.5. The molecular formula is C25H25N5O7S. The number of anilines is 1. The van der Waals surface area contributed by atoms with Gasteiger partial charge in [0.05, 0.1) is 14.2 Å². The Hall–Kier alpha value is -4.52. The number of methoxy groups -OCH3 is 2. The molecular weight excluding hydrogens is 514 g/mol. The molecule has 38 heavy (non-hydrogen) atoms. The largest absolute Gasteiger partial charge is 0.494 e. The maximum atomic E-state index is 12.7. The molecule has 2 unspecified atom stereocenters. The maximum Gasteiger partial charge on any atom is 0.328 e. The molecule has 5 N–H and O–H groups in total. The van der Waals surface area contributed by atoms with Gasteiger partial charge in [-0.2, -0.15) is 0 Å². The predicted octanol–water partition coefficient (Wildman–Crippen LogP) is 1.80. The highest BCUT2D eigenvalue weighted by atomic mass is 32.2. The molecule has 1 aromatic heterocycles. The molecule has 198 valence electrons. The number of aliphatic imine (C=N–C) groups is 1. The molecule has 2 aromatic carbocycles. The van der Waals surface area contributed by atoms with E-state index in [2.05, 4.69) is 25.6 Å². The standard InChI is InChI=1S/C25H25N5O7S/c1-12-4-6-13(7-5-12)20(19-22(33)28-24(35)29-23(19)34)27-25-30-21(32)17(38-25)11-18(31)26-14-8-9-15(36-2)16(10-14)37-3/h4-10,17,20H,11H2,1-3H3,(H,26,31)(H,27,30,32)(H3,28,29,33,34,35). The molecule has 0 bridgehead atoms. The van der Waals surface area contributed by atoms with Crippen LogP contribution in [0.25, 0.3) is 0 Å². The SMILES string of the molecule is COc1ccc(NC(=O)CC2SC(=NC(c3ccc(C)cc3)c3c(O)[nH]c(=O)[nH]c3=O)NC2=O)cc1OC. The number of hydrogen-bond acceptors (Lipinski definition) is 9. The van der Waals surface area contributed by atoms with Crippen LogP contribution in [0.3, 0.4) is 0 Å². The number of carbonyl (C=O) groups excluding carboxylic acids is 2. The number of rotatable bonds is 8. The fraction of sp³-hybridized carbons (Fsp3) is 0.240. The Kier molecular flexibility index (Phi) is 7.86. The Labute approximate surface area is 220 Å². The molecule has 3 aromatic rings. The highest BCUT2D eigenvalue weighted by molar-refractivity contribution is 8.15. The molecule has 0 saturated carbocycles. The molecule has 2 heterocycles. The first-order valence-corrected chi connectivity index (χ1v) is 12.3. The number of amides is 2. The first-order chi connectivity index (χ1) is 18.2. The van der Waals surface area contributed by atoms with Crippen LogP contribution in [0.1, 0.15) is 29.2 Å². The lowest BCUT2D eigenvalue weighted by Crippen LogP contribution is -2.29. The summed E-state index contributed by atoms with van der Waals surface area (Å²) in [6.07, 6.45) is -0.149. The number of ether oxygens (including phenoxy) is 2. The number of nitrogens with zero attached hydrogens (tertiary/aromatic N) is 1. The summed E-state index contributed by atoms with van der Waals surface area (Å²) < 4.78 is 10.4. The summed E-state index contributed by atoms with van der Waals surface area (Å²) in [7, 11) is 2.98. The number of carbonyl (C=O) groups is 2. The normalized spacial score (nSPS) is 16.7. The first-order valence-electron chi connectivity index (χ1n) is 11.4. The smallest absolute Gasteiger partial charge is 0.328 e. The number of thioether (sulfide) groups is 1. The zero-order chi connectivity index (χ0) is 27.4. The zero-order valence-corrected chi connectivity index (χ0v) is 21.5. The van der Waals surface area contributed by atoms with E-state index in [9.17, 15) is 24.3 Å². The van der Waals surface area contributed by atoms with Crippen LogP contribution in [0.5, 0.6) is 17.4 Å². The third kappa shape index (κ3) is 5.89. The Bertz CT molecular complexity index is 1510. The monoisotopic (exact) mass is 539 g/mol. The second-order valence-electron chi connectivity index (χ2n) is 8.34. The third-order valence-electron chi connectivity index (χ3n) is 5.69. The van der Waals surface area contributed by atoms with Crippen LogP contribution in [-0.4, -0.2) is 51.5 Å². The van der Waals surface area contributed by atoms with Crippen molar-refractivity contribution in [1.82, 2.24) is 15.3 Å². The minimum absolute atomic E-state index is 0.149.